The molecule has 1 heterocycles. The van der Waals surface area contributed by atoms with Gasteiger partial charge in [0.1, 0.15) is 0 Å². The van der Waals surface area contributed by atoms with Gasteiger partial charge in [0.25, 0.3) is 0 Å². The first-order valence-electron chi connectivity index (χ1n) is 5.61. The fraction of sp³-hybridized carbons (Fsp3) is 0.727. The standard InChI is InChI=1S/C11H21N3S/c1-5-12-7-10-8-13-11(15-10)14(6-2)9(3)4/h8-9,12H,5-7H2,1-4H3. The molecular weight excluding hydrogens is 206 g/mol. The summed E-state index contributed by atoms with van der Waals surface area (Å²) in [5.41, 5.74) is 0. The van der Waals surface area contributed by atoms with Crippen LogP contribution in [-0.4, -0.2) is 24.1 Å². The zero-order valence-corrected chi connectivity index (χ0v) is 10.9. The van der Waals surface area contributed by atoms with Gasteiger partial charge in [-0.1, -0.05) is 6.92 Å². The number of hydrogen-bond acceptors (Lipinski definition) is 4. The van der Waals surface area contributed by atoms with Gasteiger partial charge in [0, 0.05) is 30.2 Å². The number of nitrogens with zero attached hydrogens (tertiary/aromatic N) is 2. The largest absolute Gasteiger partial charge is 0.346 e. The van der Waals surface area contributed by atoms with Crippen molar-refractivity contribution in [3.05, 3.63) is 11.1 Å². The average molecular weight is 227 g/mol. The molecule has 3 nitrogen and oxygen atoms in total. The predicted molar refractivity (Wildman–Crippen MR) is 67.7 cm³/mol. The monoisotopic (exact) mass is 227 g/mol. The van der Waals surface area contributed by atoms with Crippen LogP contribution in [0.1, 0.15) is 32.6 Å². The van der Waals surface area contributed by atoms with Crippen molar-refractivity contribution < 1.29 is 0 Å². The Labute approximate surface area is 96.5 Å². The van der Waals surface area contributed by atoms with Crippen LogP contribution in [-0.2, 0) is 6.54 Å². The molecule has 15 heavy (non-hydrogen) atoms. The van der Waals surface area contributed by atoms with E-state index in [-0.39, 0.29) is 0 Å². The molecule has 4 heteroatoms. The van der Waals surface area contributed by atoms with Gasteiger partial charge in [0.15, 0.2) is 5.13 Å². The minimum Gasteiger partial charge on any atom is -0.346 e. The summed E-state index contributed by atoms with van der Waals surface area (Å²) in [4.78, 5) is 8.10. The van der Waals surface area contributed by atoms with E-state index >= 15 is 0 Å². The first-order chi connectivity index (χ1) is 7.19. The van der Waals surface area contributed by atoms with Gasteiger partial charge in [0.05, 0.1) is 0 Å². The molecule has 0 unspecified atom stereocenters. The third-order valence-corrected chi connectivity index (χ3v) is 3.33. The molecule has 0 aliphatic heterocycles. The summed E-state index contributed by atoms with van der Waals surface area (Å²) in [6, 6.07) is 0.521. The highest BCUT2D eigenvalue weighted by Crippen LogP contribution is 2.23. The van der Waals surface area contributed by atoms with Gasteiger partial charge in [-0.05, 0) is 27.3 Å². The Hall–Kier alpha value is -0.610. The smallest absolute Gasteiger partial charge is 0.185 e. The van der Waals surface area contributed by atoms with E-state index in [1.165, 1.54) is 4.88 Å². The molecule has 0 radical (unpaired) electrons. The summed E-state index contributed by atoms with van der Waals surface area (Å²) < 4.78 is 0. The van der Waals surface area contributed by atoms with Crippen LogP contribution in [0.5, 0.6) is 0 Å². The summed E-state index contributed by atoms with van der Waals surface area (Å²) in [7, 11) is 0. The van der Waals surface area contributed by atoms with Gasteiger partial charge in [-0.2, -0.15) is 0 Å². The van der Waals surface area contributed by atoms with E-state index in [4.69, 9.17) is 0 Å². The van der Waals surface area contributed by atoms with E-state index in [2.05, 4.69) is 42.9 Å². The van der Waals surface area contributed by atoms with Crippen molar-refractivity contribution in [2.75, 3.05) is 18.0 Å². The van der Waals surface area contributed by atoms with Crippen LogP contribution in [0.25, 0.3) is 0 Å². The van der Waals surface area contributed by atoms with Crippen LogP contribution in [0.2, 0.25) is 0 Å². The fourth-order valence-corrected chi connectivity index (χ4v) is 2.56. The molecule has 0 spiro atoms. The zero-order chi connectivity index (χ0) is 11.3. The molecule has 0 aliphatic carbocycles. The maximum atomic E-state index is 4.47. The van der Waals surface area contributed by atoms with Crippen molar-refractivity contribution in [1.82, 2.24) is 10.3 Å². The number of rotatable bonds is 6. The minimum absolute atomic E-state index is 0.521. The molecule has 1 N–H and O–H groups in total. The van der Waals surface area contributed by atoms with Crippen molar-refractivity contribution in [3.63, 3.8) is 0 Å². The van der Waals surface area contributed by atoms with Crippen LogP contribution >= 0.6 is 11.3 Å². The highest BCUT2D eigenvalue weighted by Gasteiger charge is 2.11. The van der Waals surface area contributed by atoms with Crippen LogP contribution < -0.4 is 10.2 Å². The Morgan fingerprint density at radius 2 is 2.20 bits per heavy atom. The predicted octanol–water partition coefficient (Wildman–Crippen LogP) is 2.49. The van der Waals surface area contributed by atoms with Crippen molar-refractivity contribution in [3.8, 4) is 0 Å². The molecule has 0 fully saturated rings. The van der Waals surface area contributed by atoms with Crippen molar-refractivity contribution in [1.29, 1.82) is 0 Å². The Balaban J connectivity index is 2.65. The van der Waals surface area contributed by atoms with E-state index in [0.717, 1.165) is 24.8 Å². The Morgan fingerprint density at radius 1 is 1.47 bits per heavy atom. The van der Waals surface area contributed by atoms with Crippen molar-refractivity contribution >= 4 is 16.5 Å². The maximum absolute atomic E-state index is 4.47. The van der Waals surface area contributed by atoms with Gasteiger partial charge in [-0.3, -0.25) is 0 Å². The summed E-state index contributed by atoms with van der Waals surface area (Å²) in [5.74, 6) is 0. The van der Waals surface area contributed by atoms with Gasteiger partial charge in [0.2, 0.25) is 0 Å². The maximum Gasteiger partial charge on any atom is 0.185 e. The third-order valence-electron chi connectivity index (χ3n) is 2.30. The van der Waals surface area contributed by atoms with E-state index < -0.39 is 0 Å². The summed E-state index contributed by atoms with van der Waals surface area (Å²) in [6.45, 7) is 11.7. The lowest BCUT2D eigenvalue weighted by atomic mass is 10.3. The molecule has 0 aromatic carbocycles. The molecule has 0 saturated carbocycles. The van der Waals surface area contributed by atoms with Gasteiger partial charge < -0.3 is 10.2 Å². The minimum atomic E-state index is 0.521. The molecule has 1 rings (SSSR count). The zero-order valence-electron chi connectivity index (χ0n) is 10.1. The fourth-order valence-electron chi connectivity index (χ4n) is 1.48. The van der Waals surface area contributed by atoms with E-state index in [1.54, 1.807) is 11.3 Å². The first kappa shape index (κ1) is 12.5. The number of anilines is 1. The molecule has 0 bridgehead atoms. The van der Waals surface area contributed by atoms with Crippen LogP contribution in [0.4, 0.5) is 5.13 Å². The highest BCUT2D eigenvalue weighted by molar-refractivity contribution is 7.15. The number of thiazole rings is 1. The second-order valence-electron chi connectivity index (χ2n) is 3.77. The van der Waals surface area contributed by atoms with Crippen molar-refractivity contribution in [2.24, 2.45) is 0 Å². The molecule has 0 saturated heterocycles. The van der Waals surface area contributed by atoms with Crippen molar-refractivity contribution in [2.45, 2.75) is 40.3 Å². The lowest BCUT2D eigenvalue weighted by molar-refractivity contribution is 0.701. The lowest BCUT2D eigenvalue weighted by Gasteiger charge is -2.23. The molecule has 0 atom stereocenters. The topological polar surface area (TPSA) is 28.2 Å². The Bertz CT molecular complexity index is 283. The third kappa shape index (κ3) is 3.47. The van der Waals surface area contributed by atoms with Gasteiger partial charge >= 0.3 is 0 Å². The quantitative estimate of drug-likeness (QED) is 0.809. The summed E-state index contributed by atoms with van der Waals surface area (Å²) in [6.07, 6.45) is 1.98. The van der Waals surface area contributed by atoms with Gasteiger partial charge in [-0.25, -0.2) is 4.98 Å². The Morgan fingerprint density at radius 3 is 2.73 bits per heavy atom. The van der Waals surface area contributed by atoms with Crippen LogP contribution in [0, 0.1) is 0 Å². The highest BCUT2D eigenvalue weighted by atomic mass is 32.1. The Kier molecular flexibility index (Phi) is 5.05. The molecule has 1 aromatic rings. The second kappa shape index (κ2) is 6.08. The molecule has 0 aliphatic rings. The van der Waals surface area contributed by atoms with E-state index in [1.807, 2.05) is 6.20 Å². The number of aromatic nitrogens is 1. The molecular formula is C11H21N3S. The van der Waals surface area contributed by atoms with Gasteiger partial charge in [-0.15, -0.1) is 11.3 Å². The molecule has 1 aromatic heterocycles. The van der Waals surface area contributed by atoms with Crippen LogP contribution in [0.15, 0.2) is 6.20 Å². The average Bonchev–Trinajstić information content (AvgIpc) is 2.64. The molecule has 86 valence electrons. The number of hydrogen-bond donors (Lipinski definition) is 1. The lowest BCUT2D eigenvalue weighted by Crippen LogP contribution is -2.30. The molecule has 0 amide bonds. The SMILES string of the molecule is CCNCc1cnc(N(CC)C(C)C)s1. The summed E-state index contributed by atoms with van der Waals surface area (Å²) >= 11 is 1.79. The number of nitrogens with one attached hydrogen (secondary N) is 1. The summed E-state index contributed by atoms with van der Waals surface area (Å²) in [5, 5.41) is 4.46. The van der Waals surface area contributed by atoms with E-state index in [0.29, 0.717) is 6.04 Å². The van der Waals surface area contributed by atoms with E-state index in [9.17, 15) is 0 Å². The normalized spacial score (nSPS) is 11.0. The second-order valence-corrected chi connectivity index (χ2v) is 4.86. The van der Waals surface area contributed by atoms with Crippen LogP contribution in [0.3, 0.4) is 0 Å². The first-order valence-corrected chi connectivity index (χ1v) is 6.42.